The number of methoxy groups -OCH3 is 1. The van der Waals surface area contributed by atoms with Crippen molar-refractivity contribution in [3.8, 4) is 11.5 Å². The fraction of sp³-hybridized carbons (Fsp3) is 0.211. The highest BCUT2D eigenvalue weighted by Gasteiger charge is 2.22. The second-order valence-corrected chi connectivity index (χ2v) is 5.44. The highest BCUT2D eigenvalue weighted by Crippen LogP contribution is 2.31. The first kappa shape index (κ1) is 16.2. The van der Waals surface area contributed by atoms with Gasteiger partial charge in [-0.3, -0.25) is 4.79 Å². The van der Waals surface area contributed by atoms with E-state index in [1.165, 1.54) is 6.07 Å². The largest absolute Gasteiger partial charge is 0.497 e. The molecule has 0 atom stereocenters. The van der Waals surface area contributed by atoms with Gasteiger partial charge in [0.05, 0.1) is 7.11 Å². The number of ketones is 1. The topological polar surface area (TPSA) is 35.5 Å². The molecule has 0 unspecified atom stereocenters. The van der Waals surface area contributed by atoms with Crippen molar-refractivity contribution in [2.24, 2.45) is 0 Å². The molecule has 0 saturated carbocycles. The standard InChI is InChI=1S/C19H16F2O3/c1-23-15-8-9-16-12(11-15)6-7-14(18(16)22)10-13-4-2-3-5-17(13)24-19(20)21/h2-5,8-11,19H,6-7H2,1H3. The zero-order chi connectivity index (χ0) is 17.1. The zero-order valence-corrected chi connectivity index (χ0v) is 13.1. The fourth-order valence-electron chi connectivity index (χ4n) is 2.81. The third kappa shape index (κ3) is 3.30. The number of allylic oxidation sites excluding steroid dienone is 1. The lowest BCUT2D eigenvalue weighted by Crippen LogP contribution is -2.14. The number of benzene rings is 2. The van der Waals surface area contributed by atoms with E-state index in [9.17, 15) is 13.6 Å². The second-order valence-electron chi connectivity index (χ2n) is 5.44. The number of ether oxygens (including phenoxy) is 2. The molecule has 2 aromatic rings. The van der Waals surface area contributed by atoms with Gasteiger partial charge in [0, 0.05) is 16.7 Å². The molecule has 2 aromatic carbocycles. The normalized spacial score (nSPS) is 15.5. The molecule has 0 aromatic heterocycles. The number of fused-ring (bicyclic) bond motifs is 1. The smallest absolute Gasteiger partial charge is 0.387 e. The van der Waals surface area contributed by atoms with Crippen molar-refractivity contribution in [1.82, 2.24) is 0 Å². The van der Waals surface area contributed by atoms with Crippen LogP contribution in [0.5, 0.6) is 11.5 Å². The molecule has 0 amide bonds. The van der Waals surface area contributed by atoms with E-state index < -0.39 is 6.61 Å². The summed E-state index contributed by atoms with van der Waals surface area (Å²) in [6.07, 6.45) is 2.87. The number of carbonyl (C=O) groups excluding carboxylic acids is 1. The Bertz CT molecular complexity index is 797. The first-order valence-corrected chi connectivity index (χ1v) is 7.54. The number of halogens is 2. The van der Waals surface area contributed by atoms with E-state index in [2.05, 4.69) is 4.74 Å². The van der Waals surface area contributed by atoms with E-state index in [1.54, 1.807) is 43.5 Å². The van der Waals surface area contributed by atoms with Crippen LogP contribution in [0.1, 0.15) is 27.9 Å². The summed E-state index contributed by atoms with van der Waals surface area (Å²) in [6.45, 7) is -2.90. The molecule has 3 rings (SSSR count). The van der Waals surface area contributed by atoms with Gasteiger partial charge in [0.2, 0.25) is 0 Å². The van der Waals surface area contributed by atoms with E-state index in [4.69, 9.17) is 4.74 Å². The van der Waals surface area contributed by atoms with Gasteiger partial charge in [0.15, 0.2) is 5.78 Å². The maximum absolute atomic E-state index is 12.7. The lowest BCUT2D eigenvalue weighted by Gasteiger charge is -2.18. The van der Waals surface area contributed by atoms with Crippen molar-refractivity contribution in [2.45, 2.75) is 19.5 Å². The SMILES string of the molecule is COc1ccc2c(c1)CCC(=Cc1ccccc1OC(F)F)C2=O. The molecule has 0 heterocycles. The lowest BCUT2D eigenvalue weighted by atomic mass is 9.86. The van der Waals surface area contributed by atoms with E-state index in [0.29, 0.717) is 35.3 Å². The van der Waals surface area contributed by atoms with Crippen LogP contribution in [0.4, 0.5) is 8.78 Å². The average molecular weight is 330 g/mol. The molecule has 0 spiro atoms. The average Bonchev–Trinajstić information content (AvgIpc) is 2.58. The summed E-state index contributed by atoms with van der Waals surface area (Å²) in [5.74, 6) is 0.684. The van der Waals surface area contributed by atoms with E-state index in [0.717, 1.165) is 5.56 Å². The van der Waals surface area contributed by atoms with E-state index in [1.807, 2.05) is 6.07 Å². The molecule has 124 valence electrons. The van der Waals surface area contributed by atoms with Crippen molar-refractivity contribution >= 4 is 11.9 Å². The number of carbonyl (C=O) groups is 1. The van der Waals surface area contributed by atoms with Crippen LogP contribution in [0.2, 0.25) is 0 Å². The Kier molecular flexibility index (Phi) is 4.60. The van der Waals surface area contributed by atoms with Gasteiger partial charge in [0.1, 0.15) is 11.5 Å². The molecule has 0 N–H and O–H groups in total. The molecular formula is C19H16F2O3. The van der Waals surface area contributed by atoms with Gasteiger partial charge >= 0.3 is 6.61 Å². The Hall–Kier alpha value is -2.69. The van der Waals surface area contributed by atoms with Crippen LogP contribution >= 0.6 is 0 Å². The Morgan fingerprint density at radius 2 is 1.92 bits per heavy atom. The molecule has 0 radical (unpaired) electrons. The van der Waals surface area contributed by atoms with Crippen LogP contribution in [-0.2, 0) is 6.42 Å². The van der Waals surface area contributed by atoms with Crippen LogP contribution in [-0.4, -0.2) is 19.5 Å². The Labute approximate surface area is 138 Å². The third-order valence-corrected chi connectivity index (χ3v) is 3.98. The molecule has 0 aliphatic heterocycles. The molecule has 1 aliphatic rings. The van der Waals surface area contributed by atoms with Crippen molar-refractivity contribution in [3.63, 3.8) is 0 Å². The molecule has 24 heavy (non-hydrogen) atoms. The number of Topliss-reactive ketones (excluding diaryl/α,β-unsaturated/α-hetero) is 1. The lowest BCUT2D eigenvalue weighted by molar-refractivity contribution is -0.0499. The van der Waals surface area contributed by atoms with Gasteiger partial charge in [-0.2, -0.15) is 8.78 Å². The van der Waals surface area contributed by atoms with Gasteiger partial charge in [-0.25, -0.2) is 0 Å². The predicted molar refractivity (Wildman–Crippen MR) is 86.7 cm³/mol. The van der Waals surface area contributed by atoms with Gasteiger partial charge < -0.3 is 9.47 Å². The fourth-order valence-corrected chi connectivity index (χ4v) is 2.81. The minimum atomic E-state index is -2.90. The summed E-state index contributed by atoms with van der Waals surface area (Å²) >= 11 is 0. The summed E-state index contributed by atoms with van der Waals surface area (Å²) < 4.78 is 34.7. The summed E-state index contributed by atoms with van der Waals surface area (Å²) in [6, 6.07) is 11.8. The Morgan fingerprint density at radius 3 is 2.67 bits per heavy atom. The van der Waals surface area contributed by atoms with Crippen LogP contribution in [0, 0.1) is 0 Å². The minimum absolute atomic E-state index is 0.0633. The third-order valence-electron chi connectivity index (χ3n) is 3.98. The molecule has 0 fully saturated rings. The van der Waals surface area contributed by atoms with Gasteiger partial charge in [-0.05, 0) is 48.7 Å². The first-order chi connectivity index (χ1) is 11.6. The molecule has 5 heteroatoms. The van der Waals surface area contributed by atoms with E-state index >= 15 is 0 Å². The Morgan fingerprint density at radius 1 is 1.12 bits per heavy atom. The van der Waals surface area contributed by atoms with Gasteiger partial charge in [-0.15, -0.1) is 0 Å². The van der Waals surface area contributed by atoms with E-state index in [-0.39, 0.29) is 11.5 Å². The summed E-state index contributed by atoms with van der Waals surface area (Å²) in [5, 5.41) is 0. The maximum atomic E-state index is 12.7. The van der Waals surface area contributed by atoms with Crippen molar-refractivity contribution in [3.05, 3.63) is 64.7 Å². The second kappa shape index (κ2) is 6.83. The maximum Gasteiger partial charge on any atom is 0.387 e. The molecule has 0 saturated heterocycles. The number of aryl methyl sites for hydroxylation is 1. The monoisotopic (exact) mass is 330 g/mol. The van der Waals surface area contributed by atoms with Crippen LogP contribution in [0.15, 0.2) is 48.0 Å². The molecule has 3 nitrogen and oxygen atoms in total. The number of hydrogen-bond acceptors (Lipinski definition) is 3. The summed E-state index contributed by atoms with van der Waals surface area (Å²) in [5.41, 5.74) is 2.62. The number of alkyl halides is 2. The minimum Gasteiger partial charge on any atom is -0.497 e. The molecule has 1 aliphatic carbocycles. The first-order valence-electron chi connectivity index (χ1n) is 7.54. The van der Waals surface area contributed by atoms with Crippen molar-refractivity contribution in [2.75, 3.05) is 7.11 Å². The number of rotatable bonds is 4. The quantitative estimate of drug-likeness (QED) is 0.774. The van der Waals surface area contributed by atoms with Crippen molar-refractivity contribution < 1.29 is 23.0 Å². The van der Waals surface area contributed by atoms with Crippen LogP contribution < -0.4 is 9.47 Å². The highest BCUT2D eigenvalue weighted by molar-refractivity contribution is 6.13. The van der Waals surface area contributed by atoms with Crippen LogP contribution in [0.25, 0.3) is 6.08 Å². The highest BCUT2D eigenvalue weighted by atomic mass is 19.3. The number of para-hydroxylation sites is 1. The predicted octanol–water partition coefficient (Wildman–Crippen LogP) is 4.51. The molecular weight excluding hydrogens is 314 g/mol. The number of hydrogen-bond donors (Lipinski definition) is 0. The molecule has 0 bridgehead atoms. The Balaban J connectivity index is 1.94. The summed E-state index contributed by atoms with van der Waals surface area (Å²) in [4.78, 5) is 12.7. The van der Waals surface area contributed by atoms with Crippen molar-refractivity contribution in [1.29, 1.82) is 0 Å². The summed E-state index contributed by atoms with van der Waals surface area (Å²) in [7, 11) is 1.58. The zero-order valence-electron chi connectivity index (χ0n) is 13.1. The van der Waals surface area contributed by atoms with Gasteiger partial charge in [-0.1, -0.05) is 18.2 Å². The van der Waals surface area contributed by atoms with Gasteiger partial charge in [0.25, 0.3) is 0 Å². The van der Waals surface area contributed by atoms with Crippen LogP contribution in [0.3, 0.4) is 0 Å².